The number of benzene rings is 1. The smallest absolute Gasteiger partial charge is 0.126 e. The summed E-state index contributed by atoms with van der Waals surface area (Å²) in [4.78, 5) is 4.22. The van der Waals surface area contributed by atoms with Crippen LogP contribution in [0, 0.1) is 12.7 Å². The number of aliphatic hydroxyl groups excluding tert-OH is 1. The zero-order chi connectivity index (χ0) is 13.1. The molecule has 1 aromatic heterocycles. The second-order valence-electron chi connectivity index (χ2n) is 4.36. The number of hydrogen-bond donors (Lipinski definition) is 1. The predicted octanol–water partition coefficient (Wildman–Crippen LogP) is 2.63. The Bertz CT molecular complexity index is 536. The van der Waals surface area contributed by atoms with E-state index in [-0.39, 0.29) is 5.82 Å². The maximum absolute atomic E-state index is 13.2. The Hall–Kier alpha value is -1.68. The van der Waals surface area contributed by atoms with Crippen LogP contribution in [0.4, 0.5) is 4.39 Å². The topological polar surface area (TPSA) is 38.0 Å². The molecule has 0 spiro atoms. The Morgan fingerprint density at radius 3 is 2.89 bits per heavy atom. The zero-order valence-corrected chi connectivity index (χ0v) is 10.6. The summed E-state index contributed by atoms with van der Waals surface area (Å²) in [6.45, 7) is 4.54. The van der Waals surface area contributed by atoms with Gasteiger partial charge >= 0.3 is 0 Å². The minimum Gasteiger partial charge on any atom is -0.388 e. The van der Waals surface area contributed by atoms with Gasteiger partial charge in [0.25, 0.3) is 0 Å². The molecule has 0 bridgehead atoms. The molecule has 96 valence electrons. The van der Waals surface area contributed by atoms with E-state index in [1.807, 2.05) is 17.7 Å². The molecule has 2 rings (SSSR count). The van der Waals surface area contributed by atoms with Crippen molar-refractivity contribution in [2.75, 3.05) is 0 Å². The monoisotopic (exact) mass is 248 g/mol. The highest BCUT2D eigenvalue weighted by atomic mass is 19.1. The molecule has 0 saturated carbocycles. The summed E-state index contributed by atoms with van der Waals surface area (Å²) in [6.07, 6.45) is 3.39. The maximum atomic E-state index is 13.2. The van der Waals surface area contributed by atoms with Gasteiger partial charge in [0, 0.05) is 25.4 Å². The predicted molar refractivity (Wildman–Crippen MR) is 67.7 cm³/mol. The number of rotatable bonds is 4. The molecule has 1 atom stereocenters. The van der Waals surface area contributed by atoms with E-state index in [0.29, 0.717) is 12.0 Å². The number of nitrogens with zero attached hydrogens (tertiary/aromatic N) is 2. The van der Waals surface area contributed by atoms with Gasteiger partial charge in [-0.05, 0) is 31.0 Å². The first-order chi connectivity index (χ1) is 8.61. The summed E-state index contributed by atoms with van der Waals surface area (Å²) in [5, 5.41) is 10.2. The van der Waals surface area contributed by atoms with E-state index < -0.39 is 6.10 Å². The summed E-state index contributed by atoms with van der Waals surface area (Å²) in [7, 11) is 0. The number of halogens is 1. The minimum absolute atomic E-state index is 0.249. The van der Waals surface area contributed by atoms with Gasteiger partial charge in [0.05, 0.1) is 6.10 Å². The van der Waals surface area contributed by atoms with E-state index in [1.165, 1.54) is 6.07 Å². The normalized spacial score (nSPS) is 12.7. The molecule has 4 heteroatoms. The standard InChI is InChI=1S/C14H17FN2O/c1-3-17-7-6-16-14(17)9-13(18)11-4-5-12(15)10(2)8-11/h4-8,13,18H,3,9H2,1-2H3. The average molecular weight is 248 g/mol. The molecule has 0 saturated heterocycles. The molecule has 0 amide bonds. The number of hydrogen-bond acceptors (Lipinski definition) is 2. The third-order valence-corrected chi connectivity index (χ3v) is 3.09. The molecule has 1 N–H and O–H groups in total. The van der Waals surface area contributed by atoms with Crippen LogP contribution in [0.5, 0.6) is 0 Å². The molecule has 18 heavy (non-hydrogen) atoms. The first kappa shape index (κ1) is 12.8. The SMILES string of the molecule is CCn1ccnc1CC(O)c1ccc(F)c(C)c1. The first-order valence-electron chi connectivity index (χ1n) is 6.06. The van der Waals surface area contributed by atoms with Gasteiger partial charge in [-0.15, -0.1) is 0 Å². The molecule has 1 unspecified atom stereocenters. The van der Waals surface area contributed by atoms with Gasteiger partial charge in [0.15, 0.2) is 0 Å². The second-order valence-corrected chi connectivity index (χ2v) is 4.36. The largest absolute Gasteiger partial charge is 0.388 e. The Morgan fingerprint density at radius 2 is 2.22 bits per heavy atom. The summed E-state index contributed by atoms with van der Waals surface area (Å²) in [5.41, 5.74) is 1.27. The second kappa shape index (κ2) is 5.31. The molecular weight excluding hydrogens is 231 g/mol. The van der Waals surface area contributed by atoms with Crippen LogP contribution >= 0.6 is 0 Å². The maximum Gasteiger partial charge on any atom is 0.126 e. The van der Waals surface area contributed by atoms with E-state index in [4.69, 9.17) is 0 Å². The van der Waals surface area contributed by atoms with Gasteiger partial charge in [0.2, 0.25) is 0 Å². The Labute approximate surface area is 106 Å². The number of imidazole rings is 1. The van der Waals surface area contributed by atoms with Crippen molar-refractivity contribution in [3.05, 3.63) is 53.4 Å². The van der Waals surface area contributed by atoms with Crippen molar-refractivity contribution in [2.24, 2.45) is 0 Å². The minimum atomic E-state index is -0.656. The van der Waals surface area contributed by atoms with E-state index in [1.54, 1.807) is 25.3 Å². The highest BCUT2D eigenvalue weighted by Crippen LogP contribution is 2.20. The molecule has 0 aliphatic carbocycles. The Morgan fingerprint density at radius 1 is 1.44 bits per heavy atom. The van der Waals surface area contributed by atoms with Crippen molar-refractivity contribution in [1.82, 2.24) is 9.55 Å². The number of aryl methyl sites for hydroxylation is 2. The first-order valence-corrected chi connectivity index (χ1v) is 6.06. The van der Waals surface area contributed by atoms with Crippen LogP contribution in [0.3, 0.4) is 0 Å². The highest BCUT2D eigenvalue weighted by molar-refractivity contribution is 5.26. The molecule has 1 aromatic carbocycles. The number of aromatic nitrogens is 2. The molecule has 1 heterocycles. The molecule has 0 aliphatic rings. The molecule has 0 aliphatic heterocycles. The fourth-order valence-corrected chi connectivity index (χ4v) is 1.98. The zero-order valence-electron chi connectivity index (χ0n) is 10.6. The molecule has 2 aromatic rings. The van der Waals surface area contributed by atoms with Crippen molar-refractivity contribution < 1.29 is 9.50 Å². The third kappa shape index (κ3) is 2.59. The van der Waals surface area contributed by atoms with Gasteiger partial charge in [-0.25, -0.2) is 9.37 Å². The third-order valence-electron chi connectivity index (χ3n) is 3.09. The van der Waals surface area contributed by atoms with Crippen molar-refractivity contribution >= 4 is 0 Å². The van der Waals surface area contributed by atoms with Crippen molar-refractivity contribution in [1.29, 1.82) is 0 Å². The summed E-state index contributed by atoms with van der Waals surface area (Å²) < 4.78 is 15.1. The Kier molecular flexibility index (Phi) is 3.77. The molecular formula is C14H17FN2O. The Balaban J connectivity index is 2.16. The highest BCUT2D eigenvalue weighted by Gasteiger charge is 2.13. The van der Waals surface area contributed by atoms with Crippen LogP contribution < -0.4 is 0 Å². The van der Waals surface area contributed by atoms with Gasteiger partial charge in [-0.2, -0.15) is 0 Å². The van der Waals surface area contributed by atoms with Crippen molar-refractivity contribution in [3.8, 4) is 0 Å². The van der Waals surface area contributed by atoms with Gasteiger partial charge < -0.3 is 9.67 Å². The summed E-state index contributed by atoms with van der Waals surface area (Å²) >= 11 is 0. The summed E-state index contributed by atoms with van der Waals surface area (Å²) in [5.74, 6) is 0.591. The van der Waals surface area contributed by atoms with E-state index in [9.17, 15) is 9.50 Å². The van der Waals surface area contributed by atoms with E-state index in [2.05, 4.69) is 4.98 Å². The van der Waals surface area contributed by atoms with Crippen LogP contribution in [0.15, 0.2) is 30.6 Å². The average Bonchev–Trinajstić information content (AvgIpc) is 2.79. The summed E-state index contributed by atoms with van der Waals surface area (Å²) in [6, 6.07) is 4.69. The number of aliphatic hydroxyl groups is 1. The lowest BCUT2D eigenvalue weighted by Crippen LogP contribution is -2.08. The lowest BCUT2D eigenvalue weighted by Gasteiger charge is -2.12. The van der Waals surface area contributed by atoms with Crippen LogP contribution in [0.1, 0.15) is 30.0 Å². The van der Waals surface area contributed by atoms with Gasteiger partial charge in [-0.3, -0.25) is 0 Å². The lowest BCUT2D eigenvalue weighted by atomic mass is 10.0. The van der Waals surface area contributed by atoms with Gasteiger partial charge in [0.1, 0.15) is 11.6 Å². The molecule has 3 nitrogen and oxygen atoms in total. The van der Waals surface area contributed by atoms with E-state index in [0.717, 1.165) is 17.9 Å². The fourth-order valence-electron chi connectivity index (χ4n) is 1.98. The van der Waals surface area contributed by atoms with Crippen molar-refractivity contribution in [2.45, 2.75) is 32.9 Å². The lowest BCUT2D eigenvalue weighted by molar-refractivity contribution is 0.174. The molecule has 0 fully saturated rings. The van der Waals surface area contributed by atoms with Crippen LogP contribution in [-0.4, -0.2) is 14.7 Å². The fraction of sp³-hybridized carbons (Fsp3) is 0.357. The van der Waals surface area contributed by atoms with Gasteiger partial charge in [-0.1, -0.05) is 12.1 Å². The van der Waals surface area contributed by atoms with Crippen LogP contribution in [0.25, 0.3) is 0 Å². The van der Waals surface area contributed by atoms with Crippen LogP contribution in [0.2, 0.25) is 0 Å². The van der Waals surface area contributed by atoms with E-state index >= 15 is 0 Å². The van der Waals surface area contributed by atoms with Crippen LogP contribution in [-0.2, 0) is 13.0 Å². The molecule has 0 radical (unpaired) electrons. The quantitative estimate of drug-likeness (QED) is 0.903. The van der Waals surface area contributed by atoms with Crippen molar-refractivity contribution in [3.63, 3.8) is 0 Å².